The monoisotopic (exact) mass is 418 g/mol. The van der Waals surface area contributed by atoms with Crippen molar-refractivity contribution in [3.8, 4) is 11.5 Å². The SMILES string of the molecule is CCCOc1c(Cl)cc(C(=O)N(CCC)C2CCNCC2)cc1OCC.Cl. The molecule has 0 bridgehead atoms. The highest BCUT2D eigenvalue weighted by Gasteiger charge is 2.27. The van der Waals surface area contributed by atoms with Crippen LogP contribution in [0.4, 0.5) is 0 Å². The van der Waals surface area contributed by atoms with Crippen LogP contribution in [0.2, 0.25) is 5.02 Å². The fourth-order valence-electron chi connectivity index (χ4n) is 3.27. The van der Waals surface area contributed by atoms with E-state index < -0.39 is 0 Å². The van der Waals surface area contributed by atoms with E-state index in [-0.39, 0.29) is 24.4 Å². The number of amides is 1. The first-order chi connectivity index (χ1) is 12.6. The molecule has 7 heteroatoms. The van der Waals surface area contributed by atoms with Crippen molar-refractivity contribution >= 4 is 29.9 Å². The lowest BCUT2D eigenvalue weighted by atomic mass is 10.0. The molecule has 1 fully saturated rings. The van der Waals surface area contributed by atoms with E-state index in [0.717, 1.165) is 45.3 Å². The highest BCUT2D eigenvalue weighted by molar-refractivity contribution is 6.32. The van der Waals surface area contributed by atoms with Crippen LogP contribution in [0.1, 0.15) is 56.8 Å². The third kappa shape index (κ3) is 6.44. The highest BCUT2D eigenvalue weighted by Crippen LogP contribution is 2.37. The second-order valence-electron chi connectivity index (χ2n) is 6.55. The molecule has 1 aliphatic heterocycles. The first-order valence-electron chi connectivity index (χ1n) is 9.73. The van der Waals surface area contributed by atoms with Crippen LogP contribution in [0.15, 0.2) is 12.1 Å². The summed E-state index contributed by atoms with van der Waals surface area (Å²) < 4.78 is 11.4. The lowest BCUT2D eigenvalue weighted by Crippen LogP contribution is -2.46. The minimum absolute atomic E-state index is 0. The minimum Gasteiger partial charge on any atom is -0.490 e. The smallest absolute Gasteiger partial charge is 0.254 e. The third-order valence-corrected chi connectivity index (χ3v) is 4.76. The normalized spacial score (nSPS) is 14.4. The molecule has 154 valence electrons. The Hall–Kier alpha value is -1.17. The number of rotatable bonds is 9. The maximum absolute atomic E-state index is 13.2. The van der Waals surface area contributed by atoms with Gasteiger partial charge in [0.2, 0.25) is 0 Å². The number of halogens is 2. The summed E-state index contributed by atoms with van der Waals surface area (Å²) in [7, 11) is 0. The zero-order chi connectivity index (χ0) is 18.9. The van der Waals surface area contributed by atoms with E-state index in [4.69, 9.17) is 21.1 Å². The molecule has 0 spiro atoms. The van der Waals surface area contributed by atoms with Crippen LogP contribution >= 0.6 is 24.0 Å². The van der Waals surface area contributed by atoms with Crippen molar-refractivity contribution in [2.24, 2.45) is 0 Å². The van der Waals surface area contributed by atoms with Gasteiger partial charge in [-0.3, -0.25) is 4.79 Å². The van der Waals surface area contributed by atoms with Gasteiger partial charge in [-0.05, 0) is 57.8 Å². The maximum atomic E-state index is 13.2. The summed E-state index contributed by atoms with van der Waals surface area (Å²) in [5.41, 5.74) is 0.564. The summed E-state index contributed by atoms with van der Waals surface area (Å²) in [5.74, 6) is 1.08. The van der Waals surface area contributed by atoms with Crippen molar-refractivity contribution in [3.05, 3.63) is 22.7 Å². The number of carbonyl (C=O) groups excluding carboxylic acids is 1. The molecule has 0 atom stereocenters. The lowest BCUT2D eigenvalue weighted by molar-refractivity contribution is 0.0642. The van der Waals surface area contributed by atoms with E-state index in [9.17, 15) is 4.79 Å². The van der Waals surface area contributed by atoms with Crippen molar-refractivity contribution in [2.75, 3.05) is 32.8 Å². The number of nitrogens with one attached hydrogen (secondary N) is 1. The Balaban J connectivity index is 0.00000364. The topological polar surface area (TPSA) is 50.8 Å². The van der Waals surface area contributed by atoms with Gasteiger partial charge in [0.05, 0.1) is 18.2 Å². The summed E-state index contributed by atoms with van der Waals surface area (Å²) in [4.78, 5) is 15.2. The fourth-order valence-corrected chi connectivity index (χ4v) is 3.54. The molecule has 1 aromatic carbocycles. The van der Waals surface area contributed by atoms with Crippen LogP contribution in [-0.4, -0.2) is 49.7 Å². The van der Waals surface area contributed by atoms with Gasteiger partial charge in [-0.25, -0.2) is 0 Å². The molecule has 27 heavy (non-hydrogen) atoms. The standard InChI is InChI=1S/C20H31ClN2O3.ClH/c1-4-11-23(16-7-9-22-10-8-16)20(24)15-13-17(21)19(26-12-5-2)18(14-15)25-6-3;/h13-14,16,22H,4-12H2,1-3H3;1H. The van der Waals surface area contributed by atoms with Crippen molar-refractivity contribution in [2.45, 2.75) is 52.5 Å². The van der Waals surface area contributed by atoms with Crippen LogP contribution in [0.25, 0.3) is 0 Å². The van der Waals surface area contributed by atoms with Crippen LogP contribution in [-0.2, 0) is 0 Å². The zero-order valence-corrected chi connectivity index (χ0v) is 18.1. The number of ether oxygens (including phenoxy) is 2. The summed E-state index contributed by atoms with van der Waals surface area (Å²) >= 11 is 6.43. The molecule has 0 saturated carbocycles. The van der Waals surface area contributed by atoms with Crippen LogP contribution in [0.5, 0.6) is 11.5 Å². The van der Waals surface area contributed by atoms with Gasteiger partial charge >= 0.3 is 0 Å². The van der Waals surface area contributed by atoms with Gasteiger partial charge in [-0.1, -0.05) is 25.4 Å². The Morgan fingerprint density at radius 3 is 2.48 bits per heavy atom. The average molecular weight is 419 g/mol. The maximum Gasteiger partial charge on any atom is 0.254 e. The van der Waals surface area contributed by atoms with Crippen molar-refractivity contribution in [1.29, 1.82) is 0 Å². The molecule has 0 aromatic heterocycles. The largest absolute Gasteiger partial charge is 0.490 e. The average Bonchev–Trinajstić information content (AvgIpc) is 2.65. The number of hydrogen-bond donors (Lipinski definition) is 1. The zero-order valence-electron chi connectivity index (χ0n) is 16.6. The van der Waals surface area contributed by atoms with Gasteiger partial charge in [-0.2, -0.15) is 0 Å². The number of nitrogens with zero attached hydrogens (tertiary/aromatic N) is 1. The lowest BCUT2D eigenvalue weighted by Gasteiger charge is -2.34. The molecule has 1 N–H and O–H groups in total. The second kappa shape index (κ2) is 12.3. The molecule has 1 aromatic rings. The van der Waals surface area contributed by atoms with E-state index in [1.807, 2.05) is 18.7 Å². The van der Waals surface area contributed by atoms with E-state index >= 15 is 0 Å². The Kier molecular flexibility index (Phi) is 10.9. The van der Waals surface area contributed by atoms with E-state index in [1.165, 1.54) is 0 Å². The third-order valence-electron chi connectivity index (χ3n) is 4.48. The number of hydrogen-bond acceptors (Lipinski definition) is 4. The number of benzene rings is 1. The summed E-state index contributed by atoms with van der Waals surface area (Å²) in [6.45, 7) is 9.74. The molecule has 1 heterocycles. The summed E-state index contributed by atoms with van der Waals surface area (Å²) in [6, 6.07) is 3.75. The Labute approximate surface area is 174 Å². The Morgan fingerprint density at radius 1 is 1.19 bits per heavy atom. The van der Waals surface area contributed by atoms with Crippen molar-refractivity contribution in [3.63, 3.8) is 0 Å². The van der Waals surface area contributed by atoms with Gasteiger partial charge in [-0.15, -0.1) is 12.4 Å². The van der Waals surface area contributed by atoms with Gasteiger partial charge in [0.15, 0.2) is 11.5 Å². The van der Waals surface area contributed by atoms with Gasteiger partial charge in [0, 0.05) is 18.2 Å². The molecule has 0 radical (unpaired) electrons. The van der Waals surface area contributed by atoms with Crippen LogP contribution in [0, 0.1) is 0 Å². The number of carbonyl (C=O) groups is 1. The van der Waals surface area contributed by atoms with Gasteiger partial charge in [0.25, 0.3) is 5.91 Å². The molecule has 1 aliphatic rings. The Morgan fingerprint density at radius 2 is 1.89 bits per heavy atom. The molecule has 1 amide bonds. The first-order valence-corrected chi connectivity index (χ1v) is 10.1. The van der Waals surface area contributed by atoms with Gasteiger partial charge < -0.3 is 19.7 Å². The summed E-state index contributed by atoms with van der Waals surface area (Å²) in [5, 5.41) is 3.78. The molecule has 2 rings (SSSR count). The molecule has 0 aliphatic carbocycles. The molecule has 5 nitrogen and oxygen atoms in total. The minimum atomic E-state index is 0. The van der Waals surface area contributed by atoms with Gasteiger partial charge in [0.1, 0.15) is 0 Å². The van der Waals surface area contributed by atoms with Crippen molar-refractivity contribution < 1.29 is 14.3 Å². The van der Waals surface area contributed by atoms with Crippen LogP contribution in [0.3, 0.4) is 0 Å². The second-order valence-corrected chi connectivity index (χ2v) is 6.95. The Bertz CT molecular complexity index is 593. The van der Waals surface area contributed by atoms with Crippen molar-refractivity contribution in [1.82, 2.24) is 10.2 Å². The van der Waals surface area contributed by atoms with E-state index in [0.29, 0.717) is 35.3 Å². The molecular formula is C20H32Cl2N2O3. The predicted octanol–water partition coefficient (Wildman–Crippen LogP) is 4.55. The fraction of sp³-hybridized carbons (Fsp3) is 0.650. The predicted molar refractivity (Wildman–Crippen MR) is 113 cm³/mol. The van der Waals surface area contributed by atoms with E-state index in [2.05, 4.69) is 12.2 Å². The number of piperidine rings is 1. The quantitative estimate of drug-likeness (QED) is 0.638. The highest BCUT2D eigenvalue weighted by atomic mass is 35.5. The summed E-state index contributed by atoms with van der Waals surface area (Å²) in [6.07, 6.45) is 3.77. The van der Waals surface area contributed by atoms with Crippen LogP contribution < -0.4 is 14.8 Å². The molecular weight excluding hydrogens is 387 g/mol. The first kappa shape index (κ1) is 23.9. The van der Waals surface area contributed by atoms with E-state index in [1.54, 1.807) is 12.1 Å². The molecule has 1 saturated heterocycles. The molecule has 0 unspecified atom stereocenters.